The Kier molecular flexibility index (Phi) is 6.41. The van der Waals surface area contributed by atoms with E-state index in [0.717, 1.165) is 0 Å². The van der Waals surface area contributed by atoms with Gasteiger partial charge in [0, 0.05) is 12.6 Å². The molecule has 2 rings (SSSR count). The summed E-state index contributed by atoms with van der Waals surface area (Å²) in [4.78, 5) is 11.2. The third kappa shape index (κ3) is 4.64. The minimum atomic E-state index is -3.78. The van der Waals surface area contributed by atoms with Crippen molar-refractivity contribution in [1.29, 1.82) is 0 Å². The Morgan fingerprint density at radius 1 is 1.15 bits per heavy atom. The molecule has 0 fully saturated rings. The second-order valence-corrected chi connectivity index (χ2v) is 7.32. The minimum Gasteiger partial charge on any atom is -0.494 e. The summed E-state index contributed by atoms with van der Waals surface area (Å²) in [5.41, 5.74) is 1.05. The van der Waals surface area contributed by atoms with Crippen LogP contribution in [0.25, 0.3) is 0 Å². The number of ether oxygens (including phenoxy) is 1. The molecule has 0 saturated carbocycles. The van der Waals surface area contributed by atoms with E-state index in [9.17, 15) is 13.2 Å². The molecule has 0 aliphatic heterocycles. The SMILES string of the molecule is C=CCN(c1ccc(OCC)cc1)S(=O)(=O)c1ccc(NC(C)=O)cc1. The van der Waals surface area contributed by atoms with E-state index in [-0.39, 0.29) is 17.3 Å². The maximum absolute atomic E-state index is 13.0. The van der Waals surface area contributed by atoms with Gasteiger partial charge in [-0.25, -0.2) is 8.42 Å². The van der Waals surface area contributed by atoms with Crippen molar-refractivity contribution < 1.29 is 17.9 Å². The summed E-state index contributed by atoms with van der Waals surface area (Å²) in [7, 11) is -3.78. The quantitative estimate of drug-likeness (QED) is 0.718. The number of sulfonamides is 1. The van der Waals surface area contributed by atoms with Crippen LogP contribution in [0.1, 0.15) is 13.8 Å². The Bertz CT molecular complexity index is 859. The van der Waals surface area contributed by atoms with Crippen LogP contribution in [-0.2, 0) is 14.8 Å². The predicted octanol–water partition coefficient (Wildman–Crippen LogP) is 3.43. The van der Waals surface area contributed by atoms with Crippen molar-refractivity contribution in [2.45, 2.75) is 18.7 Å². The summed E-state index contributed by atoms with van der Waals surface area (Å²) in [6.45, 7) is 7.59. The van der Waals surface area contributed by atoms with Crippen LogP contribution in [0.3, 0.4) is 0 Å². The van der Waals surface area contributed by atoms with Crippen molar-refractivity contribution in [1.82, 2.24) is 0 Å². The molecule has 0 aliphatic rings. The maximum atomic E-state index is 13.0. The first-order valence-corrected chi connectivity index (χ1v) is 9.56. The second-order valence-electron chi connectivity index (χ2n) is 5.46. The Morgan fingerprint density at radius 2 is 1.77 bits per heavy atom. The van der Waals surface area contributed by atoms with E-state index in [0.29, 0.717) is 23.7 Å². The first-order chi connectivity index (χ1) is 12.4. The molecule has 1 N–H and O–H groups in total. The van der Waals surface area contributed by atoms with Crippen molar-refractivity contribution in [3.8, 4) is 5.75 Å². The maximum Gasteiger partial charge on any atom is 0.264 e. The second kappa shape index (κ2) is 8.53. The van der Waals surface area contributed by atoms with Crippen LogP contribution in [0.5, 0.6) is 5.75 Å². The number of nitrogens with zero attached hydrogens (tertiary/aromatic N) is 1. The fourth-order valence-corrected chi connectivity index (χ4v) is 3.81. The highest BCUT2D eigenvalue weighted by Crippen LogP contribution is 2.26. The summed E-state index contributed by atoms with van der Waals surface area (Å²) in [5.74, 6) is 0.454. The van der Waals surface area contributed by atoms with E-state index < -0.39 is 10.0 Å². The number of hydrogen-bond acceptors (Lipinski definition) is 4. The zero-order valence-corrected chi connectivity index (χ0v) is 15.6. The van der Waals surface area contributed by atoms with Gasteiger partial charge in [-0.1, -0.05) is 6.08 Å². The molecule has 0 heterocycles. The van der Waals surface area contributed by atoms with Gasteiger partial charge in [-0.2, -0.15) is 0 Å². The molecule has 138 valence electrons. The monoisotopic (exact) mass is 374 g/mol. The average molecular weight is 374 g/mol. The Hall–Kier alpha value is -2.80. The minimum absolute atomic E-state index is 0.127. The van der Waals surface area contributed by atoms with Gasteiger partial charge in [0.2, 0.25) is 5.91 Å². The van der Waals surface area contributed by atoms with Gasteiger partial charge in [0.1, 0.15) is 5.75 Å². The largest absolute Gasteiger partial charge is 0.494 e. The van der Waals surface area contributed by atoms with Crippen LogP contribution in [0.15, 0.2) is 66.1 Å². The molecule has 26 heavy (non-hydrogen) atoms. The summed E-state index contributed by atoms with van der Waals surface area (Å²) in [5, 5.41) is 2.61. The van der Waals surface area contributed by atoms with Gasteiger partial charge in [-0.3, -0.25) is 9.10 Å². The number of rotatable bonds is 8. The lowest BCUT2D eigenvalue weighted by molar-refractivity contribution is -0.114. The highest BCUT2D eigenvalue weighted by Gasteiger charge is 2.24. The molecule has 0 bridgehead atoms. The molecule has 0 aromatic heterocycles. The molecular formula is C19H22N2O4S. The summed E-state index contributed by atoms with van der Waals surface area (Å²) in [6, 6.07) is 12.9. The molecule has 2 aromatic carbocycles. The van der Waals surface area contributed by atoms with E-state index in [1.807, 2.05) is 6.92 Å². The Labute approximate surface area is 154 Å². The van der Waals surface area contributed by atoms with E-state index >= 15 is 0 Å². The number of benzene rings is 2. The lowest BCUT2D eigenvalue weighted by Gasteiger charge is -2.23. The molecular weight excluding hydrogens is 352 g/mol. The number of anilines is 2. The topological polar surface area (TPSA) is 75.7 Å². The molecule has 0 radical (unpaired) electrons. The third-order valence-corrected chi connectivity index (χ3v) is 5.30. The van der Waals surface area contributed by atoms with Crippen molar-refractivity contribution in [3.05, 3.63) is 61.2 Å². The lowest BCUT2D eigenvalue weighted by Crippen LogP contribution is -2.31. The molecule has 7 heteroatoms. The fraction of sp³-hybridized carbons (Fsp3) is 0.211. The molecule has 1 amide bonds. The summed E-state index contributed by atoms with van der Waals surface area (Å²) < 4.78 is 32.7. The first kappa shape index (κ1) is 19.5. The van der Waals surface area contributed by atoms with Crippen LogP contribution in [-0.4, -0.2) is 27.5 Å². The molecule has 2 aromatic rings. The van der Waals surface area contributed by atoms with Crippen LogP contribution >= 0.6 is 0 Å². The van der Waals surface area contributed by atoms with Crippen LogP contribution in [0, 0.1) is 0 Å². The van der Waals surface area contributed by atoms with Crippen molar-refractivity contribution >= 4 is 27.3 Å². The lowest BCUT2D eigenvalue weighted by atomic mass is 10.3. The predicted molar refractivity (Wildman–Crippen MR) is 103 cm³/mol. The Balaban J connectivity index is 2.34. The highest BCUT2D eigenvalue weighted by molar-refractivity contribution is 7.92. The average Bonchev–Trinajstić information content (AvgIpc) is 2.61. The van der Waals surface area contributed by atoms with Gasteiger partial charge < -0.3 is 10.1 Å². The van der Waals surface area contributed by atoms with Crippen LogP contribution in [0.2, 0.25) is 0 Å². The van der Waals surface area contributed by atoms with E-state index in [4.69, 9.17) is 4.74 Å². The van der Waals surface area contributed by atoms with E-state index in [1.165, 1.54) is 29.4 Å². The Morgan fingerprint density at radius 3 is 2.27 bits per heavy atom. The van der Waals surface area contributed by atoms with Gasteiger partial charge in [0.25, 0.3) is 10.0 Å². The zero-order valence-electron chi connectivity index (χ0n) is 14.8. The molecule has 0 spiro atoms. The van der Waals surface area contributed by atoms with Crippen molar-refractivity contribution in [2.24, 2.45) is 0 Å². The molecule has 0 atom stereocenters. The van der Waals surface area contributed by atoms with E-state index in [2.05, 4.69) is 11.9 Å². The highest BCUT2D eigenvalue weighted by atomic mass is 32.2. The normalized spacial score (nSPS) is 10.8. The third-order valence-electron chi connectivity index (χ3n) is 3.49. The zero-order chi connectivity index (χ0) is 19.2. The number of nitrogens with one attached hydrogen (secondary N) is 1. The number of amides is 1. The molecule has 0 saturated heterocycles. The molecule has 0 aliphatic carbocycles. The standard InChI is InChI=1S/C19H22N2O4S/c1-4-14-21(17-8-10-18(11-9-17)25-5-2)26(23,24)19-12-6-16(7-13-19)20-15(3)22/h4,6-13H,1,5,14H2,2-3H3,(H,20,22). The van der Waals surface area contributed by atoms with Gasteiger partial charge in [0.05, 0.1) is 23.7 Å². The van der Waals surface area contributed by atoms with Gasteiger partial charge >= 0.3 is 0 Å². The molecule has 6 nitrogen and oxygen atoms in total. The van der Waals surface area contributed by atoms with Crippen molar-refractivity contribution in [3.63, 3.8) is 0 Å². The van der Waals surface area contributed by atoms with Gasteiger partial charge in [-0.15, -0.1) is 6.58 Å². The molecule has 0 unspecified atom stereocenters. The van der Waals surface area contributed by atoms with Gasteiger partial charge in [0.15, 0.2) is 0 Å². The fourth-order valence-electron chi connectivity index (χ4n) is 2.38. The van der Waals surface area contributed by atoms with Crippen LogP contribution in [0.4, 0.5) is 11.4 Å². The first-order valence-electron chi connectivity index (χ1n) is 8.12. The summed E-state index contributed by atoms with van der Waals surface area (Å²) in [6.07, 6.45) is 1.53. The number of carbonyl (C=O) groups is 1. The smallest absolute Gasteiger partial charge is 0.264 e. The van der Waals surface area contributed by atoms with Crippen molar-refractivity contribution in [2.75, 3.05) is 22.8 Å². The summed E-state index contributed by atoms with van der Waals surface area (Å²) >= 11 is 0. The van der Waals surface area contributed by atoms with E-state index in [1.54, 1.807) is 36.4 Å². The van der Waals surface area contributed by atoms with Crippen LogP contribution < -0.4 is 14.4 Å². The number of hydrogen-bond donors (Lipinski definition) is 1. The van der Waals surface area contributed by atoms with Gasteiger partial charge in [-0.05, 0) is 55.5 Å². The number of carbonyl (C=O) groups excluding carboxylic acids is 1.